The zero-order chi connectivity index (χ0) is 10.6. The van der Waals surface area contributed by atoms with Crippen molar-refractivity contribution in [3.8, 4) is 0 Å². The summed E-state index contributed by atoms with van der Waals surface area (Å²) in [6.07, 6.45) is 0.0469. The Kier molecular flexibility index (Phi) is 4.31. The van der Waals surface area contributed by atoms with Crippen molar-refractivity contribution in [2.45, 2.75) is 25.5 Å². The largest absolute Gasteiger partial charge is 0.394 e. The molecule has 0 bridgehead atoms. The number of ether oxygens (including phenoxy) is 1. The number of hydrogen-bond acceptors (Lipinski definition) is 4. The lowest BCUT2D eigenvalue weighted by atomic mass is 9.93. The quantitative estimate of drug-likeness (QED) is 0.656. The molecule has 0 radical (unpaired) electrons. The Morgan fingerprint density at radius 1 is 1.50 bits per heavy atom. The second-order valence-electron chi connectivity index (χ2n) is 4.13. The molecule has 14 heavy (non-hydrogen) atoms. The van der Waals surface area contributed by atoms with Gasteiger partial charge in [0.15, 0.2) is 0 Å². The highest BCUT2D eigenvalue weighted by molar-refractivity contribution is 4.93. The average Bonchev–Trinajstić information content (AvgIpc) is 2.28. The fraction of sp³-hybridized carbons (Fsp3) is 1.00. The number of rotatable bonds is 4. The summed E-state index contributed by atoms with van der Waals surface area (Å²) < 4.78 is 5.34. The van der Waals surface area contributed by atoms with Crippen LogP contribution in [-0.4, -0.2) is 61.5 Å². The average molecular weight is 202 g/mol. The van der Waals surface area contributed by atoms with Gasteiger partial charge in [-0.2, -0.15) is 0 Å². The van der Waals surface area contributed by atoms with E-state index in [0.717, 1.165) is 26.2 Å². The highest BCUT2D eigenvalue weighted by Gasteiger charge is 2.37. The Bertz CT molecular complexity index is 172. The van der Waals surface area contributed by atoms with Crippen LogP contribution in [-0.2, 0) is 4.74 Å². The van der Waals surface area contributed by atoms with Crippen LogP contribution in [0.4, 0.5) is 0 Å². The number of methoxy groups -OCH3 is 1. The Labute approximate surface area is 86.2 Å². The van der Waals surface area contributed by atoms with E-state index in [-0.39, 0.29) is 18.2 Å². The highest BCUT2D eigenvalue weighted by atomic mass is 16.5. The summed E-state index contributed by atoms with van der Waals surface area (Å²) >= 11 is 0. The SMILES string of the molecule is COC(C)C(C)(CO)N1CCNCC1. The molecular weight excluding hydrogens is 180 g/mol. The summed E-state index contributed by atoms with van der Waals surface area (Å²) in [5, 5.41) is 12.8. The van der Waals surface area contributed by atoms with E-state index in [1.165, 1.54) is 0 Å². The number of nitrogens with zero attached hydrogens (tertiary/aromatic N) is 1. The standard InChI is InChI=1S/C10H22N2O2/c1-9(14-3)10(2,8-13)12-6-4-11-5-7-12/h9,11,13H,4-8H2,1-3H3. The van der Waals surface area contributed by atoms with Crippen molar-refractivity contribution >= 4 is 0 Å². The first kappa shape index (κ1) is 11.9. The molecule has 0 aromatic heterocycles. The number of aliphatic hydroxyl groups excluding tert-OH is 1. The molecule has 0 saturated carbocycles. The van der Waals surface area contributed by atoms with Crippen LogP contribution < -0.4 is 5.32 Å². The van der Waals surface area contributed by atoms with Gasteiger partial charge in [-0.05, 0) is 13.8 Å². The van der Waals surface area contributed by atoms with Gasteiger partial charge in [0.2, 0.25) is 0 Å². The summed E-state index contributed by atoms with van der Waals surface area (Å²) in [6, 6.07) is 0. The van der Waals surface area contributed by atoms with Gasteiger partial charge in [-0.1, -0.05) is 0 Å². The van der Waals surface area contributed by atoms with Gasteiger partial charge >= 0.3 is 0 Å². The first-order valence-electron chi connectivity index (χ1n) is 5.24. The van der Waals surface area contributed by atoms with E-state index in [9.17, 15) is 5.11 Å². The molecule has 0 spiro atoms. The van der Waals surface area contributed by atoms with Gasteiger partial charge in [-0.25, -0.2) is 0 Å². The van der Waals surface area contributed by atoms with Crippen molar-refractivity contribution in [3.05, 3.63) is 0 Å². The molecule has 0 aliphatic carbocycles. The van der Waals surface area contributed by atoms with E-state index in [1.54, 1.807) is 7.11 Å². The van der Waals surface area contributed by atoms with Gasteiger partial charge in [0, 0.05) is 33.3 Å². The van der Waals surface area contributed by atoms with E-state index in [0.29, 0.717) is 0 Å². The lowest BCUT2D eigenvalue weighted by Gasteiger charge is -2.45. The van der Waals surface area contributed by atoms with Crippen molar-refractivity contribution in [2.75, 3.05) is 39.9 Å². The molecule has 1 rings (SSSR count). The predicted octanol–water partition coefficient (Wildman–Crippen LogP) is -0.322. The van der Waals surface area contributed by atoms with Crippen LogP contribution in [0.1, 0.15) is 13.8 Å². The van der Waals surface area contributed by atoms with E-state index < -0.39 is 0 Å². The van der Waals surface area contributed by atoms with Gasteiger partial charge in [0.25, 0.3) is 0 Å². The fourth-order valence-electron chi connectivity index (χ4n) is 1.92. The second kappa shape index (κ2) is 5.07. The summed E-state index contributed by atoms with van der Waals surface area (Å²) in [7, 11) is 1.70. The molecule has 1 aliphatic heterocycles. The molecule has 0 amide bonds. The molecule has 84 valence electrons. The second-order valence-corrected chi connectivity index (χ2v) is 4.13. The van der Waals surface area contributed by atoms with Crippen LogP contribution in [0.25, 0.3) is 0 Å². The third-order valence-corrected chi connectivity index (χ3v) is 3.39. The molecular formula is C10H22N2O2. The number of hydrogen-bond donors (Lipinski definition) is 2. The van der Waals surface area contributed by atoms with Gasteiger partial charge in [-0.15, -0.1) is 0 Å². The minimum Gasteiger partial charge on any atom is -0.394 e. The fourth-order valence-corrected chi connectivity index (χ4v) is 1.92. The Balaban J connectivity index is 2.65. The summed E-state index contributed by atoms with van der Waals surface area (Å²) in [4.78, 5) is 2.30. The lowest BCUT2D eigenvalue weighted by Crippen LogP contribution is -2.61. The van der Waals surface area contributed by atoms with Crippen LogP contribution in [0, 0.1) is 0 Å². The molecule has 2 unspecified atom stereocenters. The lowest BCUT2D eigenvalue weighted by molar-refractivity contribution is -0.0677. The van der Waals surface area contributed by atoms with E-state index >= 15 is 0 Å². The van der Waals surface area contributed by atoms with E-state index in [1.807, 2.05) is 6.92 Å². The number of piperazine rings is 1. The molecule has 1 fully saturated rings. The van der Waals surface area contributed by atoms with Gasteiger partial charge in [0.05, 0.1) is 18.2 Å². The van der Waals surface area contributed by atoms with Crippen LogP contribution >= 0.6 is 0 Å². The van der Waals surface area contributed by atoms with Gasteiger partial charge in [0.1, 0.15) is 0 Å². The minimum absolute atomic E-state index is 0.0469. The molecule has 2 atom stereocenters. The van der Waals surface area contributed by atoms with Crippen LogP contribution in [0.3, 0.4) is 0 Å². The van der Waals surface area contributed by atoms with Crippen molar-refractivity contribution < 1.29 is 9.84 Å². The first-order valence-corrected chi connectivity index (χ1v) is 5.24. The van der Waals surface area contributed by atoms with Crippen molar-refractivity contribution in [1.29, 1.82) is 0 Å². The van der Waals surface area contributed by atoms with Crippen LogP contribution in [0.2, 0.25) is 0 Å². The molecule has 0 aromatic rings. The Morgan fingerprint density at radius 2 is 2.07 bits per heavy atom. The Morgan fingerprint density at radius 3 is 2.50 bits per heavy atom. The zero-order valence-electron chi connectivity index (χ0n) is 9.42. The predicted molar refractivity (Wildman–Crippen MR) is 56.4 cm³/mol. The maximum absolute atomic E-state index is 9.50. The third kappa shape index (κ3) is 2.25. The van der Waals surface area contributed by atoms with E-state index in [2.05, 4.69) is 17.1 Å². The van der Waals surface area contributed by atoms with Crippen molar-refractivity contribution in [1.82, 2.24) is 10.2 Å². The van der Waals surface area contributed by atoms with Crippen molar-refractivity contribution in [3.63, 3.8) is 0 Å². The van der Waals surface area contributed by atoms with Gasteiger partial charge in [-0.3, -0.25) is 4.90 Å². The van der Waals surface area contributed by atoms with Crippen molar-refractivity contribution in [2.24, 2.45) is 0 Å². The maximum atomic E-state index is 9.50. The Hall–Kier alpha value is -0.160. The molecule has 2 N–H and O–H groups in total. The van der Waals surface area contributed by atoms with Crippen LogP contribution in [0.15, 0.2) is 0 Å². The van der Waals surface area contributed by atoms with Crippen LogP contribution in [0.5, 0.6) is 0 Å². The summed E-state index contributed by atoms with van der Waals surface area (Å²) in [6.45, 7) is 8.15. The number of nitrogens with one attached hydrogen (secondary N) is 1. The molecule has 1 saturated heterocycles. The zero-order valence-corrected chi connectivity index (χ0v) is 9.42. The molecule has 1 aliphatic rings. The van der Waals surface area contributed by atoms with Gasteiger partial charge < -0.3 is 15.2 Å². The van der Waals surface area contributed by atoms with E-state index in [4.69, 9.17) is 4.74 Å². The summed E-state index contributed by atoms with van der Waals surface area (Å²) in [5.41, 5.74) is -0.253. The molecule has 0 aromatic carbocycles. The summed E-state index contributed by atoms with van der Waals surface area (Å²) in [5.74, 6) is 0. The molecule has 4 nitrogen and oxygen atoms in total. The minimum atomic E-state index is -0.253. The first-order chi connectivity index (χ1) is 6.65. The molecule has 4 heteroatoms. The highest BCUT2D eigenvalue weighted by Crippen LogP contribution is 2.21. The molecule has 1 heterocycles. The third-order valence-electron chi connectivity index (χ3n) is 3.39. The topological polar surface area (TPSA) is 44.7 Å². The normalized spacial score (nSPS) is 25.7. The number of aliphatic hydroxyl groups is 1. The smallest absolute Gasteiger partial charge is 0.0746 e. The maximum Gasteiger partial charge on any atom is 0.0746 e. The monoisotopic (exact) mass is 202 g/mol.